The van der Waals surface area contributed by atoms with Gasteiger partial charge in [0, 0.05) is 14.2 Å². The average Bonchev–Trinajstić information content (AvgIpc) is 3.33. The molecule has 2 aliphatic carbocycles. The quantitative estimate of drug-likeness (QED) is 0.450. The Morgan fingerprint density at radius 1 is 0.926 bits per heavy atom. The number of hydrogen-bond donors (Lipinski definition) is 0. The molecule has 1 unspecified atom stereocenters. The van der Waals surface area contributed by atoms with Crippen molar-refractivity contribution in [2.75, 3.05) is 14.2 Å². The van der Waals surface area contributed by atoms with Crippen LogP contribution in [0.25, 0.3) is 0 Å². The zero-order valence-electron chi connectivity index (χ0n) is 18.7. The maximum atomic E-state index is 13.7. The summed E-state index contributed by atoms with van der Waals surface area (Å²) in [5.41, 5.74) is 1.21. The van der Waals surface area contributed by atoms with Crippen molar-refractivity contribution >= 4 is 23.6 Å². The molecule has 27 heavy (non-hydrogen) atoms. The molecule has 2 rings (SSSR count). The summed E-state index contributed by atoms with van der Waals surface area (Å²) in [6.45, 7) is 11.1. The molecule has 0 aromatic heterocycles. The largest absolute Gasteiger partial charge is 0.518 e. The van der Waals surface area contributed by atoms with E-state index in [9.17, 15) is 4.79 Å². The number of carbonyl (C=O) groups excluding carboxylic acids is 1. The highest BCUT2D eigenvalue weighted by atomic mass is 28.4. The Morgan fingerprint density at radius 2 is 1.33 bits per heavy atom. The fourth-order valence-corrected chi connectivity index (χ4v) is 14.3. The fourth-order valence-electron chi connectivity index (χ4n) is 5.76. The highest BCUT2D eigenvalue weighted by Crippen LogP contribution is 2.60. The first-order valence-corrected chi connectivity index (χ1v) is 14.2. The molecule has 2 saturated carbocycles. The van der Waals surface area contributed by atoms with Gasteiger partial charge >= 0.3 is 9.28 Å². The summed E-state index contributed by atoms with van der Waals surface area (Å²) in [6, 6.07) is 0. The first-order valence-electron chi connectivity index (χ1n) is 10.9. The maximum absolute atomic E-state index is 13.7. The summed E-state index contributed by atoms with van der Waals surface area (Å²) >= 11 is 0. The predicted molar refractivity (Wildman–Crippen MR) is 114 cm³/mol. The van der Waals surface area contributed by atoms with E-state index in [-0.39, 0.29) is 11.0 Å². The monoisotopic (exact) mass is 413 g/mol. The Hall–Kier alpha value is -0.176. The molecule has 0 N–H and O–H groups in total. The molecule has 1 radical (unpaired) electrons. The molecule has 0 bridgehead atoms. The third kappa shape index (κ3) is 4.24. The van der Waals surface area contributed by atoms with Crippen LogP contribution in [0.5, 0.6) is 0 Å². The normalized spacial score (nSPS) is 22.4. The minimum absolute atomic E-state index is 0.0500. The van der Waals surface area contributed by atoms with Gasteiger partial charge in [0.15, 0.2) is 0 Å². The van der Waals surface area contributed by atoms with Crippen molar-refractivity contribution in [2.45, 2.75) is 114 Å². The van der Waals surface area contributed by atoms with Crippen LogP contribution in [0.4, 0.5) is 0 Å². The minimum atomic E-state index is -2.34. The van der Waals surface area contributed by atoms with E-state index in [1.54, 1.807) is 14.2 Å². The van der Waals surface area contributed by atoms with Crippen molar-refractivity contribution in [1.82, 2.24) is 0 Å². The summed E-state index contributed by atoms with van der Waals surface area (Å²) in [4.78, 5) is 13.7. The van der Waals surface area contributed by atoms with Gasteiger partial charge in [0.2, 0.25) is 0 Å². The van der Waals surface area contributed by atoms with E-state index in [2.05, 4.69) is 27.7 Å². The first kappa shape index (κ1) is 23.1. The zero-order chi connectivity index (χ0) is 20.3. The molecule has 157 valence electrons. The van der Waals surface area contributed by atoms with Gasteiger partial charge in [0.05, 0.1) is 0 Å². The first-order chi connectivity index (χ1) is 12.7. The Labute approximate surface area is 169 Å². The van der Waals surface area contributed by atoms with Crippen molar-refractivity contribution in [3.8, 4) is 0 Å². The van der Waals surface area contributed by atoms with Crippen LogP contribution in [0.1, 0.15) is 92.4 Å². The third-order valence-electron chi connectivity index (χ3n) is 7.34. The summed E-state index contributed by atoms with van der Waals surface area (Å²) in [5, 5.41) is -0.622. The molecule has 0 aliphatic heterocycles. The highest BCUT2D eigenvalue weighted by molar-refractivity contribution is 6.81. The van der Waals surface area contributed by atoms with Crippen molar-refractivity contribution in [3.63, 3.8) is 0 Å². The molecule has 2 fully saturated rings. The van der Waals surface area contributed by atoms with Gasteiger partial charge in [0.1, 0.15) is 5.04 Å². The van der Waals surface area contributed by atoms with E-state index >= 15 is 0 Å². The van der Waals surface area contributed by atoms with E-state index < -0.39 is 22.6 Å². The highest BCUT2D eigenvalue weighted by Gasteiger charge is 2.62. The van der Waals surface area contributed by atoms with E-state index in [1.165, 1.54) is 51.4 Å². The van der Waals surface area contributed by atoms with Crippen molar-refractivity contribution < 1.29 is 18.1 Å². The van der Waals surface area contributed by atoms with Gasteiger partial charge in [-0.05, 0) is 55.1 Å². The molecule has 1 atom stereocenters. The van der Waals surface area contributed by atoms with Crippen LogP contribution in [-0.4, -0.2) is 37.8 Å². The van der Waals surface area contributed by atoms with Crippen molar-refractivity contribution in [1.29, 1.82) is 0 Å². The molecular weight excluding hydrogens is 372 g/mol. The van der Waals surface area contributed by atoms with Gasteiger partial charge in [-0.2, -0.15) is 0 Å². The van der Waals surface area contributed by atoms with E-state index in [0.29, 0.717) is 17.5 Å². The summed E-state index contributed by atoms with van der Waals surface area (Å²) < 4.78 is 18.1. The molecule has 0 heterocycles. The molecule has 0 spiro atoms. The van der Waals surface area contributed by atoms with Crippen LogP contribution >= 0.6 is 0 Å². The van der Waals surface area contributed by atoms with E-state index in [1.807, 2.05) is 6.92 Å². The number of rotatable bonds is 8. The molecule has 6 heteroatoms. The lowest BCUT2D eigenvalue weighted by atomic mass is 10.1. The Balaban J connectivity index is 2.45. The van der Waals surface area contributed by atoms with Crippen LogP contribution in [0.15, 0.2) is 0 Å². The molecule has 0 amide bonds. The van der Waals surface area contributed by atoms with Crippen LogP contribution in [0, 0.1) is 0 Å². The number of carbonyl (C=O) groups is 1. The summed E-state index contributed by atoms with van der Waals surface area (Å²) in [7, 11) is -0.752. The van der Waals surface area contributed by atoms with Crippen LogP contribution in [-0.2, 0) is 18.1 Å². The van der Waals surface area contributed by atoms with Crippen molar-refractivity contribution in [3.05, 3.63) is 0 Å². The molecule has 0 aromatic carbocycles. The number of hydrogen-bond acceptors (Lipinski definition) is 4. The lowest BCUT2D eigenvalue weighted by Gasteiger charge is -2.50. The Morgan fingerprint density at radius 3 is 1.63 bits per heavy atom. The standard InChI is InChI=1S/C21H41O4Si2/c1-8-21(5,26(23-6)24-7)19(22)25-27(20(2,3)4,17-13-9-10-14-17)18-15-11-12-16-18/h17-18H,8-16H2,1-7H3. The second-order valence-corrected chi connectivity index (χ2v) is 17.2. The van der Waals surface area contributed by atoms with E-state index in [4.69, 9.17) is 13.3 Å². The molecule has 4 nitrogen and oxygen atoms in total. The molecule has 2 aliphatic rings. The molecule has 0 saturated heterocycles. The van der Waals surface area contributed by atoms with Gasteiger partial charge in [-0.3, -0.25) is 4.79 Å². The lowest BCUT2D eigenvalue weighted by molar-refractivity contribution is -0.140. The Bertz CT molecular complexity index is 473. The second kappa shape index (κ2) is 9.10. The molecule has 0 aromatic rings. The topological polar surface area (TPSA) is 44.8 Å². The van der Waals surface area contributed by atoms with Gasteiger partial charge in [-0.1, -0.05) is 53.4 Å². The van der Waals surface area contributed by atoms with Crippen molar-refractivity contribution in [2.24, 2.45) is 0 Å². The fraction of sp³-hybridized carbons (Fsp3) is 0.952. The summed E-state index contributed by atoms with van der Waals surface area (Å²) in [5.74, 6) is -0.0528. The van der Waals surface area contributed by atoms with Gasteiger partial charge in [-0.25, -0.2) is 0 Å². The van der Waals surface area contributed by atoms with Crippen LogP contribution in [0.2, 0.25) is 21.2 Å². The summed E-state index contributed by atoms with van der Waals surface area (Å²) in [6.07, 6.45) is 10.8. The third-order valence-corrected chi connectivity index (χ3v) is 16.0. The maximum Gasteiger partial charge on any atom is 0.402 e. The lowest BCUT2D eigenvalue weighted by Crippen LogP contribution is -2.57. The SMILES string of the molecule is CCC(C)(C(=O)O[Si](C1CCCC1)(C1CCCC1)C(C)(C)C)[Si](OC)OC. The minimum Gasteiger partial charge on any atom is -0.518 e. The van der Waals surface area contributed by atoms with Crippen LogP contribution in [0.3, 0.4) is 0 Å². The average molecular weight is 414 g/mol. The zero-order valence-corrected chi connectivity index (χ0v) is 20.7. The smallest absolute Gasteiger partial charge is 0.402 e. The predicted octanol–water partition coefficient (Wildman–Crippen LogP) is 6.11. The van der Waals surface area contributed by atoms with E-state index in [0.717, 1.165) is 0 Å². The van der Waals surface area contributed by atoms with Crippen LogP contribution < -0.4 is 0 Å². The second-order valence-electron chi connectivity index (χ2n) is 9.78. The van der Waals surface area contributed by atoms with Gasteiger partial charge < -0.3 is 13.3 Å². The molecular formula is C21H41O4Si2. The Kier molecular flexibility index (Phi) is 7.79. The van der Waals surface area contributed by atoms with Gasteiger partial charge in [0.25, 0.3) is 14.3 Å². The van der Waals surface area contributed by atoms with Gasteiger partial charge in [-0.15, -0.1) is 0 Å².